The first-order valence-electron chi connectivity index (χ1n) is 6.22. The van der Waals surface area contributed by atoms with Crippen LogP contribution in [0.3, 0.4) is 0 Å². The van der Waals surface area contributed by atoms with Crippen LogP contribution in [0.1, 0.15) is 32.1 Å². The molecule has 0 radical (unpaired) electrons. The van der Waals surface area contributed by atoms with Gasteiger partial charge in [0, 0.05) is 0 Å². The van der Waals surface area contributed by atoms with Gasteiger partial charge in [0.25, 0.3) is 0 Å². The Morgan fingerprint density at radius 1 is 1.12 bits per heavy atom. The summed E-state index contributed by atoms with van der Waals surface area (Å²) in [6.45, 7) is 0. The highest BCUT2D eigenvalue weighted by molar-refractivity contribution is 5.70. The van der Waals surface area contributed by atoms with E-state index in [-0.39, 0.29) is 12.0 Å². The van der Waals surface area contributed by atoms with Crippen molar-refractivity contribution in [2.45, 2.75) is 38.2 Å². The molecule has 1 N–H and O–H groups in total. The number of carboxylic acids is 1. The Labute approximate surface area is 101 Å². The van der Waals surface area contributed by atoms with Crippen LogP contribution in [0.4, 0.5) is 0 Å². The van der Waals surface area contributed by atoms with Crippen molar-refractivity contribution in [2.75, 3.05) is 0 Å². The van der Waals surface area contributed by atoms with Crippen LogP contribution in [0.5, 0.6) is 5.75 Å². The Morgan fingerprint density at radius 2 is 1.82 bits per heavy atom. The number of rotatable bonds is 3. The minimum absolute atomic E-state index is 0.183. The second-order valence-electron chi connectivity index (χ2n) is 4.55. The third-order valence-electron chi connectivity index (χ3n) is 3.30. The van der Waals surface area contributed by atoms with Crippen molar-refractivity contribution in [3.8, 4) is 5.75 Å². The lowest BCUT2D eigenvalue weighted by molar-refractivity contribution is -0.145. The van der Waals surface area contributed by atoms with Crippen molar-refractivity contribution in [1.82, 2.24) is 0 Å². The first-order chi connectivity index (χ1) is 8.27. The zero-order chi connectivity index (χ0) is 12.1. The van der Waals surface area contributed by atoms with Gasteiger partial charge in [0.2, 0.25) is 0 Å². The molecule has 1 aliphatic rings. The van der Waals surface area contributed by atoms with Gasteiger partial charge in [-0.1, -0.05) is 31.0 Å². The van der Waals surface area contributed by atoms with E-state index in [9.17, 15) is 9.90 Å². The van der Waals surface area contributed by atoms with Crippen molar-refractivity contribution in [3.63, 3.8) is 0 Å². The topological polar surface area (TPSA) is 46.5 Å². The molecule has 3 heteroatoms. The molecular formula is C14H18O3. The lowest BCUT2D eigenvalue weighted by Gasteiger charge is -2.22. The molecule has 0 heterocycles. The highest BCUT2D eigenvalue weighted by atomic mass is 16.5. The van der Waals surface area contributed by atoms with Gasteiger partial charge in [-0.25, -0.2) is 0 Å². The molecular weight excluding hydrogens is 216 g/mol. The molecule has 1 aliphatic carbocycles. The molecule has 0 amide bonds. The zero-order valence-electron chi connectivity index (χ0n) is 9.84. The summed E-state index contributed by atoms with van der Waals surface area (Å²) >= 11 is 0. The van der Waals surface area contributed by atoms with Crippen molar-refractivity contribution in [1.29, 1.82) is 0 Å². The van der Waals surface area contributed by atoms with Crippen molar-refractivity contribution in [2.24, 2.45) is 5.92 Å². The maximum Gasteiger partial charge on any atom is 0.310 e. The minimum Gasteiger partial charge on any atom is -0.490 e. The lowest BCUT2D eigenvalue weighted by atomic mass is 9.97. The van der Waals surface area contributed by atoms with E-state index in [0.29, 0.717) is 0 Å². The molecule has 1 fully saturated rings. The predicted octanol–water partition coefficient (Wildman–Crippen LogP) is 3.10. The summed E-state index contributed by atoms with van der Waals surface area (Å²) in [5, 5.41) is 9.23. The Bertz CT molecular complexity index is 361. The van der Waals surface area contributed by atoms with E-state index in [1.807, 2.05) is 30.3 Å². The summed E-state index contributed by atoms with van der Waals surface area (Å²) < 4.78 is 5.83. The van der Waals surface area contributed by atoms with Gasteiger partial charge in [-0.2, -0.15) is 0 Å². The number of hydrogen-bond donors (Lipinski definition) is 1. The molecule has 2 atom stereocenters. The highest BCUT2D eigenvalue weighted by Crippen LogP contribution is 2.27. The number of benzene rings is 1. The fourth-order valence-electron chi connectivity index (χ4n) is 2.37. The first kappa shape index (κ1) is 12.0. The van der Waals surface area contributed by atoms with E-state index in [0.717, 1.165) is 37.9 Å². The molecule has 2 rings (SSSR count). The molecule has 0 aliphatic heterocycles. The molecule has 0 spiro atoms. The van der Waals surface area contributed by atoms with Crippen LogP contribution < -0.4 is 4.74 Å². The van der Waals surface area contributed by atoms with Gasteiger partial charge in [0.05, 0.1) is 5.92 Å². The van der Waals surface area contributed by atoms with E-state index in [1.54, 1.807) is 0 Å². The maximum atomic E-state index is 11.2. The summed E-state index contributed by atoms with van der Waals surface area (Å²) in [7, 11) is 0. The molecule has 3 nitrogen and oxygen atoms in total. The van der Waals surface area contributed by atoms with Gasteiger partial charge in [-0.05, 0) is 31.4 Å². The van der Waals surface area contributed by atoms with Crippen LogP contribution in [0.15, 0.2) is 30.3 Å². The molecule has 92 valence electrons. The van der Waals surface area contributed by atoms with Crippen LogP contribution in [-0.4, -0.2) is 17.2 Å². The van der Waals surface area contributed by atoms with Crippen LogP contribution >= 0.6 is 0 Å². The first-order valence-corrected chi connectivity index (χ1v) is 6.22. The van der Waals surface area contributed by atoms with Crippen LogP contribution in [0, 0.1) is 5.92 Å². The summed E-state index contributed by atoms with van der Waals surface area (Å²) in [6, 6.07) is 9.49. The Hall–Kier alpha value is -1.51. The van der Waals surface area contributed by atoms with Crippen molar-refractivity contribution in [3.05, 3.63) is 30.3 Å². The van der Waals surface area contributed by atoms with E-state index in [4.69, 9.17) is 4.74 Å². The third-order valence-corrected chi connectivity index (χ3v) is 3.30. The number of hydrogen-bond acceptors (Lipinski definition) is 2. The quantitative estimate of drug-likeness (QED) is 0.817. The van der Waals surface area contributed by atoms with E-state index < -0.39 is 5.97 Å². The highest BCUT2D eigenvalue weighted by Gasteiger charge is 2.30. The molecule has 1 saturated carbocycles. The van der Waals surface area contributed by atoms with Crippen LogP contribution in [0.2, 0.25) is 0 Å². The molecule has 0 bridgehead atoms. The monoisotopic (exact) mass is 234 g/mol. The second-order valence-corrected chi connectivity index (χ2v) is 4.55. The standard InChI is InChI=1S/C14H18O3/c15-14(16)12-9-5-2-6-10-13(12)17-11-7-3-1-4-8-11/h1,3-4,7-8,12-13H,2,5-6,9-10H2,(H,15,16). The number of ether oxygens (including phenoxy) is 1. The summed E-state index contributed by atoms with van der Waals surface area (Å²) in [5.74, 6) is -0.323. The van der Waals surface area contributed by atoms with E-state index in [2.05, 4.69) is 0 Å². The molecule has 1 aromatic rings. The number of para-hydroxylation sites is 1. The van der Waals surface area contributed by atoms with Crippen LogP contribution in [-0.2, 0) is 4.79 Å². The van der Waals surface area contributed by atoms with Gasteiger partial charge >= 0.3 is 5.97 Å². The fraction of sp³-hybridized carbons (Fsp3) is 0.500. The molecule has 1 aromatic carbocycles. The summed E-state index contributed by atoms with van der Waals surface area (Å²) in [4.78, 5) is 11.2. The Balaban J connectivity index is 2.07. The molecule has 2 unspecified atom stereocenters. The smallest absolute Gasteiger partial charge is 0.310 e. The normalized spacial score (nSPS) is 24.9. The van der Waals surface area contributed by atoms with E-state index in [1.165, 1.54) is 0 Å². The molecule has 17 heavy (non-hydrogen) atoms. The number of carboxylic acid groups (broad SMARTS) is 1. The van der Waals surface area contributed by atoms with Crippen molar-refractivity contribution < 1.29 is 14.6 Å². The van der Waals surface area contributed by atoms with Crippen LogP contribution in [0.25, 0.3) is 0 Å². The number of aliphatic carboxylic acids is 1. The zero-order valence-corrected chi connectivity index (χ0v) is 9.84. The minimum atomic E-state index is -0.729. The molecule has 0 aromatic heterocycles. The second kappa shape index (κ2) is 5.71. The van der Waals surface area contributed by atoms with Gasteiger partial charge in [-0.15, -0.1) is 0 Å². The predicted molar refractivity (Wildman–Crippen MR) is 65.1 cm³/mol. The Kier molecular flexibility index (Phi) is 4.02. The third kappa shape index (κ3) is 3.22. The van der Waals surface area contributed by atoms with Crippen molar-refractivity contribution >= 4 is 5.97 Å². The Morgan fingerprint density at radius 3 is 2.53 bits per heavy atom. The number of carbonyl (C=O) groups is 1. The van der Waals surface area contributed by atoms with Gasteiger partial charge in [0.15, 0.2) is 0 Å². The SMILES string of the molecule is O=C(O)C1CCCCCC1Oc1ccccc1. The lowest BCUT2D eigenvalue weighted by Crippen LogP contribution is -2.32. The summed E-state index contributed by atoms with van der Waals surface area (Å²) in [6.07, 6.45) is 4.54. The maximum absolute atomic E-state index is 11.2. The van der Waals surface area contributed by atoms with Gasteiger partial charge in [-0.3, -0.25) is 4.79 Å². The van der Waals surface area contributed by atoms with Gasteiger partial charge < -0.3 is 9.84 Å². The average molecular weight is 234 g/mol. The average Bonchev–Trinajstić information content (AvgIpc) is 2.56. The largest absolute Gasteiger partial charge is 0.490 e. The molecule has 0 saturated heterocycles. The van der Waals surface area contributed by atoms with E-state index >= 15 is 0 Å². The van der Waals surface area contributed by atoms with Gasteiger partial charge in [0.1, 0.15) is 11.9 Å². The fourth-order valence-corrected chi connectivity index (χ4v) is 2.37. The summed E-state index contributed by atoms with van der Waals surface area (Å²) in [5.41, 5.74) is 0.